The van der Waals surface area contributed by atoms with E-state index < -0.39 is 0 Å². The zero-order chi connectivity index (χ0) is 71.6. The van der Waals surface area contributed by atoms with Crippen LogP contribution in [-0.2, 0) is 0 Å². The van der Waals surface area contributed by atoms with E-state index >= 15 is 0 Å². The molecule has 0 fully saturated rings. The number of benzene rings is 16. The van der Waals surface area contributed by atoms with Gasteiger partial charge in [-0.05, 0) is 160 Å². The minimum atomic E-state index is 1.26. The molecule has 0 nitrogen and oxygen atoms in total. The standard InChI is InChI=1S/3C19H16.3C13H12.C7H8/c1-15-7-5-6-10-19(15)18-13-11-17(12-14-18)16-8-3-2-4-9-16;1-15-6-5-9-19(14-15)18-12-10-17(11-13-18)16-7-3-2-4-8-16;1-15-7-9-17(10-8-15)19-13-11-18(12-14-19)16-5-3-2-4-6-16;1-11-7-5-6-10-13(11)12-8-3-2-4-9-12;1-11-6-5-9-13(10-11)12-7-3-2-4-8-12;1-11-7-9-13(10-8-11)12-5-3-2-4-6-12;1-7-5-3-2-4-6-7/h3*2-14H,1H3;3*2-10H,1H3;2-6H,1H3. The van der Waals surface area contributed by atoms with Crippen molar-refractivity contribution in [2.24, 2.45) is 0 Å². The van der Waals surface area contributed by atoms with Gasteiger partial charge in [-0.2, -0.15) is 0 Å². The SMILES string of the molecule is Cc1ccc(-c2ccc(-c3ccccc3)cc2)cc1.Cc1ccc(-c2ccccc2)cc1.Cc1cccc(-c2ccc(-c3ccccc3)cc2)c1.Cc1cccc(-c2ccccc2)c1.Cc1ccccc1.Cc1ccccc1-c1ccc(-c2ccccc2)cc1.Cc1ccccc1-c1ccccc1. The molecule has 0 heterocycles. The zero-order valence-corrected chi connectivity index (χ0v) is 60.5. The maximum atomic E-state index is 2.22. The fourth-order valence-corrected chi connectivity index (χ4v) is 11.8. The van der Waals surface area contributed by atoms with E-state index in [0.29, 0.717) is 0 Å². The largest absolute Gasteiger partial charge is 0.0622 e. The maximum Gasteiger partial charge on any atom is -0.0155 e. The molecule has 0 bridgehead atoms. The van der Waals surface area contributed by atoms with Gasteiger partial charge >= 0.3 is 0 Å². The molecule has 0 saturated heterocycles. The van der Waals surface area contributed by atoms with Crippen molar-refractivity contribution in [1.29, 1.82) is 0 Å². The Morgan fingerprint density at radius 2 is 0.272 bits per heavy atom. The molecule has 504 valence electrons. The Kier molecular flexibility index (Phi) is 28.0. The molecule has 0 aromatic heterocycles. The fourth-order valence-electron chi connectivity index (χ4n) is 11.8. The van der Waals surface area contributed by atoms with E-state index in [2.05, 4.69) is 425 Å². The average molecular weight is 1330 g/mol. The summed E-state index contributed by atoms with van der Waals surface area (Å²) in [5.74, 6) is 0. The van der Waals surface area contributed by atoms with Crippen molar-refractivity contribution in [2.45, 2.75) is 48.5 Å². The van der Waals surface area contributed by atoms with Crippen molar-refractivity contribution < 1.29 is 0 Å². The molecule has 0 aliphatic rings. The third-order valence-corrected chi connectivity index (χ3v) is 17.6. The Labute approximate surface area is 614 Å². The van der Waals surface area contributed by atoms with Crippen molar-refractivity contribution in [3.05, 3.63) is 470 Å². The van der Waals surface area contributed by atoms with Gasteiger partial charge in [-0.25, -0.2) is 0 Å². The zero-order valence-electron chi connectivity index (χ0n) is 60.5. The monoisotopic (exact) mass is 1330 g/mol. The van der Waals surface area contributed by atoms with Gasteiger partial charge in [0.15, 0.2) is 0 Å². The van der Waals surface area contributed by atoms with Gasteiger partial charge in [0.05, 0.1) is 0 Å². The lowest BCUT2D eigenvalue weighted by Crippen LogP contribution is -1.83. The number of aryl methyl sites for hydroxylation is 7. The topological polar surface area (TPSA) is 0 Å². The van der Waals surface area contributed by atoms with Crippen molar-refractivity contribution in [1.82, 2.24) is 0 Å². The minimum Gasteiger partial charge on any atom is -0.0622 e. The third kappa shape index (κ3) is 23.3. The van der Waals surface area contributed by atoms with E-state index in [0.717, 1.165) is 0 Å². The molecule has 16 aromatic rings. The normalized spacial score (nSPS) is 10.1. The molecule has 0 radical (unpaired) electrons. The summed E-state index contributed by atoms with van der Waals surface area (Å²) in [4.78, 5) is 0. The van der Waals surface area contributed by atoms with Gasteiger partial charge in [0.1, 0.15) is 0 Å². The maximum absolute atomic E-state index is 2.22. The second-order valence-corrected chi connectivity index (χ2v) is 25.7. The highest BCUT2D eigenvalue weighted by Crippen LogP contribution is 2.30. The van der Waals surface area contributed by atoms with Crippen LogP contribution in [0.2, 0.25) is 0 Å². The Bertz CT molecular complexity index is 5030. The Morgan fingerprint density at radius 3 is 0.524 bits per heavy atom. The first-order chi connectivity index (χ1) is 50.5. The summed E-state index contributed by atoms with van der Waals surface area (Å²) in [5, 5.41) is 0. The van der Waals surface area contributed by atoms with E-state index in [9.17, 15) is 0 Å². The second-order valence-electron chi connectivity index (χ2n) is 25.7. The molecular weight excluding hydrogens is 1240 g/mol. The summed E-state index contributed by atoms with van der Waals surface area (Å²) >= 11 is 0. The molecule has 0 unspecified atom stereocenters. The van der Waals surface area contributed by atoms with Gasteiger partial charge in [0, 0.05) is 0 Å². The summed E-state index contributed by atoms with van der Waals surface area (Å²) < 4.78 is 0. The highest BCUT2D eigenvalue weighted by atomic mass is 14.1. The van der Waals surface area contributed by atoms with Gasteiger partial charge in [-0.3, -0.25) is 0 Å². The van der Waals surface area contributed by atoms with Crippen molar-refractivity contribution in [3.8, 4) is 100 Å². The molecule has 0 spiro atoms. The first-order valence-electron chi connectivity index (χ1n) is 35.5. The lowest BCUT2D eigenvalue weighted by atomic mass is 9.98. The van der Waals surface area contributed by atoms with Crippen molar-refractivity contribution in [2.75, 3.05) is 0 Å². The van der Waals surface area contributed by atoms with Gasteiger partial charge in [-0.1, -0.05) is 459 Å². The van der Waals surface area contributed by atoms with Crippen LogP contribution in [0.5, 0.6) is 0 Å². The summed E-state index contributed by atoms with van der Waals surface area (Å²) in [6.07, 6.45) is 0. The highest BCUT2D eigenvalue weighted by Gasteiger charge is 2.05. The Balaban J connectivity index is 0.000000131. The first kappa shape index (κ1) is 73.2. The van der Waals surface area contributed by atoms with Crippen LogP contribution in [0.3, 0.4) is 0 Å². The highest BCUT2D eigenvalue weighted by molar-refractivity contribution is 5.75. The van der Waals surface area contributed by atoms with Crippen molar-refractivity contribution in [3.63, 3.8) is 0 Å². The molecular formula is C103H92. The number of hydrogen-bond donors (Lipinski definition) is 0. The van der Waals surface area contributed by atoms with Gasteiger partial charge in [0.2, 0.25) is 0 Å². The number of rotatable bonds is 9. The Morgan fingerprint density at radius 1 is 0.107 bits per heavy atom. The number of hydrogen-bond acceptors (Lipinski definition) is 0. The molecule has 0 N–H and O–H groups in total. The molecule has 0 saturated carbocycles. The quantitative estimate of drug-likeness (QED) is 0.135. The molecule has 0 amide bonds. The second kappa shape index (κ2) is 39.3. The summed E-state index contributed by atoms with van der Waals surface area (Å²) in [7, 11) is 0. The van der Waals surface area contributed by atoms with Crippen LogP contribution in [0, 0.1) is 48.5 Å². The van der Waals surface area contributed by atoms with Crippen LogP contribution in [0.1, 0.15) is 38.9 Å². The molecule has 16 aromatic carbocycles. The summed E-state index contributed by atoms with van der Waals surface area (Å²) in [5.41, 5.74) is 32.2. The molecule has 0 aliphatic carbocycles. The van der Waals surface area contributed by atoms with E-state index in [1.165, 1.54) is 139 Å². The summed E-state index contributed by atoms with van der Waals surface area (Å²) in [6, 6.07) is 151. The lowest BCUT2D eigenvalue weighted by Gasteiger charge is -2.07. The minimum absolute atomic E-state index is 1.26. The molecule has 0 atom stereocenters. The van der Waals surface area contributed by atoms with Crippen LogP contribution in [0.4, 0.5) is 0 Å². The molecule has 103 heavy (non-hydrogen) atoms. The van der Waals surface area contributed by atoms with E-state index in [-0.39, 0.29) is 0 Å². The smallest absolute Gasteiger partial charge is 0.0155 e. The molecule has 16 rings (SSSR count). The van der Waals surface area contributed by atoms with E-state index in [1.54, 1.807) is 0 Å². The predicted molar refractivity (Wildman–Crippen MR) is 447 cm³/mol. The summed E-state index contributed by atoms with van der Waals surface area (Å²) in [6.45, 7) is 14.8. The predicted octanol–water partition coefficient (Wildman–Crippen LogP) is 29.0. The first-order valence-corrected chi connectivity index (χ1v) is 35.5. The average Bonchev–Trinajstić information content (AvgIpc) is 0.871. The van der Waals surface area contributed by atoms with Crippen LogP contribution >= 0.6 is 0 Å². The van der Waals surface area contributed by atoms with Gasteiger partial charge < -0.3 is 0 Å². The third-order valence-electron chi connectivity index (χ3n) is 17.6. The molecule has 0 heteroatoms. The van der Waals surface area contributed by atoms with Crippen LogP contribution in [0.15, 0.2) is 431 Å². The van der Waals surface area contributed by atoms with Crippen molar-refractivity contribution >= 4 is 0 Å². The fraction of sp³-hybridized carbons (Fsp3) is 0.0680. The molecule has 0 aliphatic heterocycles. The lowest BCUT2D eigenvalue weighted by molar-refractivity contribution is 1.46. The van der Waals surface area contributed by atoms with Gasteiger partial charge in [0.25, 0.3) is 0 Å². The van der Waals surface area contributed by atoms with Crippen LogP contribution < -0.4 is 0 Å². The Hall–Kier alpha value is -12.5. The van der Waals surface area contributed by atoms with Crippen LogP contribution in [0.25, 0.3) is 100 Å². The van der Waals surface area contributed by atoms with Gasteiger partial charge in [-0.15, -0.1) is 0 Å². The van der Waals surface area contributed by atoms with E-state index in [1.807, 2.05) is 54.6 Å². The van der Waals surface area contributed by atoms with Crippen LogP contribution in [-0.4, -0.2) is 0 Å². The van der Waals surface area contributed by atoms with E-state index in [4.69, 9.17) is 0 Å².